The van der Waals surface area contributed by atoms with Crippen molar-refractivity contribution in [2.75, 3.05) is 26.2 Å². The number of nitrogens with one attached hydrogen (secondary N) is 3. The number of rotatable bonds is 7. The van der Waals surface area contributed by atoms with Gasteiger partial charge in [-0.15, -0.1) is 0 Å². The van der Waals surface area contributed by atoms with Gasteiger partial charge in [0, 0.05) is 19.6 Å². The molecule has 0 aliphatic carbocycles. The normalized spacial score (nSPS) is 10.1. The first-order valence-electron chi connectivity index (χ1n) is 5.03. The van der Waals surface area contributed by atoms with E-state index in [2.05, 4.69) is 16.0 Å². The zero-order valence-corrected chi connectivity index (χ0v) is 9.30. The molecule has 15 heavy (non-hydrogen) atoms. The Kier molecular flexibility index (Phi) is 7.35. The fourth-order valence-corrected chi connectivity index (χ4v) is 0.856. The Morgan fingerprint density at radius 3 is 2.40 bits per heavy atom. The Bertz CT molecular complexity index is 206. The maximum absolute atomic E-state index is 11.2. The van der Waals surface area contributed by atoms with Crippen LogP contribution < -0.4 is 21.7 Å². The topological polar surface area (TPSA) is 96.2 Å². The van der Waals surface area contributed by atoms with Crippen LogP contribution in [0.3, 0.4) is 0 Å². The first-order chi connectivity index (χ1) is 7.02. The molecule has 0 unspecified atom stereocenters. The monoisotopic (exact) mass is 216 g/mol. The van der Waals surface area contributed by atoms with Gasteiger partial charge < -0.3 is 21.7 Å². The molecule has 3 amide bonds. The van der Waals surface area contributed by atoms with Crippen LogP contribution in [0, 0.1) is 5.92 Å². The van der Waals surface area contributed by atoms with Crippen LogP contribution in [-0.2, 0) is 4.79 Å². The smallest absolute Gasteiger partial charge is 0.312 e. The lowest BCUT2D eigenvalue weighted by Gasteiger charge is -2.08. The molecule has 0 aromatic heterocycles. The van der Waals surface area contributed by atoms with E-state index < -0.39 is 6.03 Å². The molecule has 6 nitrogen and oxygen atoms in total. The molecule has 0 saturated carbocycles. The van der Waals surface area contributed by atoms with Gasteiger partial charge in [-0.2, -0.15) is 0 Å². The highest BCUT2D eigenvalue weighted by Gasteiger charge is 2.00. The van der Waals surface area contributed by atoms with Gasteiger partial charge in [-0.1, -0.05) is 13.8 Å². The Labute approximate surface area is 90.0 Å². The van der Waals surface area contributed by atoms with E-state index in [-0.39, 0.29) is 12.5 Å². The number of carbonyl (C=O) groups is 2. The van der Waals surface area contributed by atoms with Crippen LogP contribution in [0.15, 0.2) is 0 Å². The second kappa shape index (κ2) is 8.05. The molecule has 0 aromatic carbocycles. The van der Waals surface area contributed by atoms with Gasteiger partial charge in [0.2, 0.25) is 5.91 Å². The minimum atomic E-state index is -0.555. The number of hydrogen-bond donors (Lipinski definition) is 4. The number of primary amides is 1. The van der Waals surface area contributed by atoms with E-state index in [0.29, 0.717) is 25.6 Å². The van der Waals surface area contributed by atoms with Crippen LogP contribution in [0.4, 0.5) is 4.79 Å². The third kappa shape index (κ3) is 10.6. The second-order valence-corrected chi connectivity index (χ2v) is 3.67. The molecule has 0 aliphatic heterocycles. The highest BCUT2D eigenvalue weighted by Crippen LogP contribution is 1.85. The summed E-state index contributed by atoms with van der Waals surface area (Å²) >= 11 is 0. The van der Waals surface area contributed by atoms with Crippen LogP contribution in [0.5, 0.6) is 0 Å². The lowest BCUT2D eigenvalue weighted by atomic mass is 10.2. The molecule has 0 aromatic rings. The molecule has 0 aliphatic rings. The summed E-state index contributed by atoms with van der Waals surface area (Å²) in [6.07, 6.45) is 0. The van der Waals surface area contributed by atoms with Gasteiger partial charge in [-0.3, -0.25) is 4.79 Å². The van der Waals surface area contributed by atoms with E-state index in [9.17, 15) is 9.59 Å². The number of urea groups is 1. The highest BCUT2D eigenvalue weighted by atomic mass is 16.2. The number of amides is 3. The van der Waals surface area contributed by atoms with Crippen molar-refractivity contribution in [1.82, 2.24) is 16.0 Å². The Morgan fingerprint density at radius 2 is 1.87 bits per heavy atom. The van der Waals surface area contributed by atoms with Crippen molar-refractivity contribution in [1.29, 1.82) is 0 Å². The summed E-state index contributed by atoms with van der Waals surface area (Å²) in [6.45, 7) is 5.95. The van der Waals surface area contributed by atoms with Gasteiger partial charge >= 0.3 is 6.03 Å². The minimum Gasteiger partial charge on any atom is -0.355 e. The SMILES string of the molecule is CC(C)CNC(=O)CNCCNC(N)=O. The minimum absolute atomic E-state index is 0.0391. The quantitative estimate of drug-likeness (QED) is 0.412. The zero-order chi connectivity index (χ0) is 11.7. The molecule has 0 atom stereocenters. The van der Waals surface area contributed by atoms with Crippen molar-refractivity contribution in [2.24, 2.45) is 11.7 Å². The number of nitrogens with two attached hydrogens (primary N) is 1. The van der Waals surface area contributed by atoms with Crippen molar-refractivity contribution in [3.05, 3.63) is 0 Å². The van der Waals surface area contributed by atoms with Crippen LogP contribution in [-0.4, -0.2) is 38.1 Å². The van der Waals surface area contributed by atoms with E-state index >= 15 is 0 Å². The van der Waals surface area contributed by atoms with Gasteiger partial charge in [-0.05, 0) is 5.92 Å². The summed E-state index contributed by atoms with van der Waals surface area (Å²) in [7, 11) is 0. The second-order valence-electron chi connectivity index (χ2n) is 3.67. The highest BCUT2D eigenvalue weighted by molar-refractivity contribution is 5.77. The van der Waals surface area contributed by atoms with Gasteiger partial charge in [0.1, 0.15) is 0 Å². The molecule has 0 saturated heterocycles. The molecule has 0 radical (unpaired) electrons. The van der Waals surface area contributed by atoms with Crippen LogP contribution in [0.25, 0.3) is 0 Å². The summed E-state index contributed by atoms with van der Waals surface area (Å²) in [5.41, 5.74) is 4.86. The molecule has 6 heteroatoms. The fourth-order valence-electron chi connectivity index (χ4n) is 0.856. The van der Waals surface area contributed by atoms with E-state index in [4.69, 9.17) is 5.73 Å². The van der Waals surface area contributed by atoms with Crippen molar-refractivity contribution in [3.8, 4) is 0 Å². The fraction of sp³-hybridized carbons (Fsp3) is 0.778. The van der Waals surface area contributed by atoms with E-state index in [0.717, 1.165) is 0 Å². The summed E-state index contributed by atoms with van der Waals surface area (Å²) in [5.74, 6) is 0.410. The van der Waals surface area contributed by atoms with Crippen molar-refractivity contribution >= 4 is 11.9 Å². The van der Waals surface area contributed by atoms with Gasteiger partial charge in [0.15, 0.2) is 0 Å². The molecule has 0 heterocycles. The van der Waals surface area contributed by atoms with Crippen LogP contribution in [0.2, 0.25) is 0 Å². The molecule has 5 N–H and O–H groups in total. The van der Waals surface area contributed by atoms with Crippen molar-refractivity contribution in [3.63, 3.8) is 0 Å². The maximum atomic E-state index is 11.2. The molecule has 0 bridgehead atoms. The Morgan fingerprint density at radius 1 is 1.20 bits per heavy atom. The standard InChI is InChI=1S/C9H20N4O2/c1-7(2)5-13-8(14)6-11-3-4-12-9(10)15/h7,11H,3-6H2,1-2H3,(H,13,14)(H3,10,12,15). The Balaban J connectivity index is 3.28. The maximum Gasteiger partial charge on any atom is 0.312 e. The van der Waals surface area contributed by atoms with Gasteiger partial charge in [0.05, 0.1) is 6.54 Å². The van der Waals surface area contributed by atoms with Crippen LogP contribution in [0.1, 0.15) is 13.8 Å². The lowest BCUT2D eigenvalue weighted by Crippen LogP contribution is -2.40. The first-order valence-corrected chi connectivity index (χ1v) is 5.03. The van der Waals surface area contributed by atoms with Gasteiger partial charge in [0.25, 0.3) is 0 Å². The third-order valence-electron chi connectivity index (χ3n) is 1.59. The van der Waals surface area contributed by atoms with E-state index in [1.165, 1.54) is 0 Å². The summed E-state index contributed by atoms with van der Waals surface area (Å²) in [6, 6.07) is -0.555. The average molecular weight is 216 g/mol. The molecule has 0 fully saturated rings. The summed E-state index contributed by atoms with van der Waals surface area (Å²) in [4.78, 5) is 21.4. The van der Waals surface area contributed by atoms with Crippen LogP contribution >= 0.6 is 0 Å². The Hall–Kier alpha value is -1.30. The predicted octanol–water partition coefficient (Wildman–Crippen LogP) is -0.983. The molecule has 88 valence electrons. The van der Waals surface area contributed by atoms with E-state index in [1.807, 2.05) is 13.8 Å². The molecular formula is C9H20N4O2. The third-order valence-corrected chi connectivity index (χ3v) is 1.59. The summed E-state index contributed by atoms with van der Waals surface area (Å²) < 4.78 is 0. The van der Waals surface area contributed by atoms with E-state index in [1.54, 1.807) is 0 Å². The number of carbonyl (C=O) groups excluding carboxylic acids is 2. The van der Waals surface area contributed by atoms with Crippen molar-refractivity contribution < 1.29 is 9.59 Å². The largest absolute Gasteiger partial charge is 0.355 e. The molecular weight excluding hydrogens is 196 g/mol. The van der Waals surface area contributed by atoms with Crippen molar-refractivity contribution in [2.45, 2.75) is 13.8 Å². The lowest BCUT2D eigenvalue weighted by molar-refractivity contribution is -0.120. The summed E-state index contributed by atoms with van der Waals surface area (Å²) in [5, 5.41) is 8.06. The zero-order valence-electron chi connectivity index (χ0n) is 9.30. The molecule has 0 rings (SSSR count). The number of hydrogen-bond acceptors (Lipinski definition) is 3. The predicted molar refractivity (Wildman–Crippen MR) is 58.3 cm³/mol. The average Bonchev–Trinajstić information content (AvgIpc) is 2.13. The first kappa shape index (κ1) is 13.7. The van der Waals surface area contributed by atoms with Gasteiger partial charge in [-0.25, -0.2) is 4.79 Å². The molecule has 0 spiro atoms.